The summed E-state index contributed by atoms with van der Waals surface area (Å²) in [5.74, 6) is 0. The molecule has 0 bridgehead atoms. The molecule has 2 aromatic carbocycles. The van der Waals surface area contributed by atoms with Crippen LogP contribution >= 0.6 is 0 Å². The monoisotopic (exact) mass is 637 g/mol. The number of allylic oxidation sites excluding steroid dienone is 2. The summed E-state index contributed by atoms with van der Waals surface area (Å²) in [6, 6.07) is 25.7. The van der Waals surface area contributed by atoms with Crippen molar-refractivity contribution in [2.75, 3.05) is 0 Å². The fourth-order valence-corrected chi connectivity index (χ4v) is 5.06. The summed E-state index contributed by atoms with van der Waals surface area (Å²) in [5, 5.41) is 0. The molecule has 0 saturated heterocycles. The molecule has 0 spiro atoms. The average molecular weight is 640 g/mol. The molecule has 2 heterocycles. The van der Waals surface area contributed by atoms with Crippen LogP contribution in [0.4, 0.5) is 0 Å². The second kappa shape index (κ2) is 15.7. The van der Waals surface area contributed by atoms with Crippen LogP contribution in [-0.2, 0) is 39.0 Å². The first-order valence-electron chi connectivity index (χ1n) is 12.5. The first kappa shape index (κ1) is 34.2. The van der Waals surface area contributed by atoms with E-state index >= 15 is 0 Å². The van der Waals surface area contributed by atoms with Crippen molar-refractivity contribution in [3.63, 3.8) is 0 Å². The van der Waals surface area contributed by atoms with Crippen LogP contribution in [0.15, 0.2) is 83.9 Å². The zero-order valence-corrected chi connectivity index (χ0v) is 28.3. The molecule has 4 aromatic rings. The van der Waals surface area contributed by atoms with Crippen LogP contribution in [0.5, 0.6) is 0 Å². The Hall–Kier alpha value is -1.84. The van der Waals surface area contributed by atoms with Gasteiger partial charge in [-0.2, -0.15) is 0 Å². The minimum Gasteiger partial charge on any atom is -1.00 e. The third kappa shape index (κ3) is 7.63. The number of para-hydroxylation sites is 2. The van der Waals surface area contributed by atoms with Gasteiger partial charge >= 0.3 is 26.2 Å². The van der Waals surface area contributed by atoms with Gasteiger partial charge in [0, 0.05) is 43.7 Å². The Labute approximate surface area is 263 Å². The molecule has 0 amide bonds. The molecule has 0 unspecified atom stereocenters. The van der Waals surface area contributed by atoms with Gasteiger partial charge in [-0.05, 0) is 100 Å². The fraction of sp³-hybridized carbons (Fsp3) is 0.250. The van der Waals surface area contributed by atoms with Crippen molar-refractivity contribution in [3.8, 4) is 11.4 Å². The van der Waals surface area contributed by atoms with E-state index in [2.05, 4.69) is 135 Å². The summed E-state index contributed by atoms with van der Waals surface area (Å²) in [5.41, 5.74) is 13.7. The Morgan fingerprint density at radius 2 is 0.895 bits per heavy atom. The molecular weight excluding hydrogens is 603 g/mol. The second-order valence-electron chi connectivity index (χ2n) is 9.65. The van der Waals surface area contributed by atoms with Crippen LogP contribution in [-0.4, -0.2) is 18.7 Å². The smallest absolute Gasteiger partial charge is 1.00 e. The summed E-state index contributed by atoms with van der Waals surface area (Å²) in [6.45, 7) is 13.2. The molecule has 1 radical (unpaired) electrons. The number of aromatic nitrogens is 2. The molecule has 0 fully saturated rings. The average Bonchev–Trinajstić information content (AvgIpc) is 3.53. The van der Waals surface area contributed by atoms with E-state index in [4.69, 9.17) is 0 Å². The van der Waals surface area contributed by atoms with Crippen LogP contribution in [0.25, 0.3) is 23.5 Å². The molecular formula is C32H37Cl2N2SiZr. The van der Waals surface area contributed by atoms with Crippen LogP contribution in [0, 0.1) is 13.8 Å². The van der Waals surface area contributed by atoms with E-state index in [-0.39, 0.29) is 51.0 Å². The van der Waals surface area contributed by atoms with E-state index in [0.29, 0.717) is 0 Å². The van der Waals surface area contributed by atoms with Crippen LogP contribution in [0.3, 0.4) is 0 Å². The van der Waals surface area contributed by atoms with Gasteiger partial charge in [0.05, 0.1) is 0 Å². The van der Waals surface area contributed by atoms with Crippen molar-refractivity contribution in [2.24, 2.45) is 0 Å². The molecule has 197 valence electrons. The number of rotatable bonds is 2. The van der Waals surface area contributed by atoms with Gasteiger partial charge in [-0.15, -0.1) is 0 Å². The van der Waals surface area contributed by atoms with Gasteiger partial charge in [-0.3, -0.25) is 0 Å². The predicted octanol–water partition coefficient (Wildman–Crippen LogP) is 2.01. The van der Waals surface area contributed by atoms with Gasteiger partial charge in [0.15, 0.2) is 0 Å². The third-order valence-corrected chi connectivity index (χ3v) is 6.35. The van der Waals surface area contributed by atoms with Gasteiger partial charge in [0.25, 0.3) is 0 Å². The van der Waals surface area contributed by atoms with E-state index < -0.39 is 0 Å². The maximum absolute atomic E-state index is 2.34. The summed E-state index contributed by atoms with van der Waals surface area (Å²) >= 11 is 0. The van der Waals surface area contributed by atoms with Crippen LogP contribution in [0.1, 0.15) is 47.8 Å². The summed E-state index contributed by atoms with van der Waals surface area (Å²) in [6.07, 6.45) is 6.82. The zero-order valence-electron chi connectivity index (χ0n) is 23.2. The maximum Gasteiger partial charge on any atom is 2.00 e. The van der Waals surface area contributed by atoms with Crippen molar-refractivity contribution >= 4 is 21.7 Å². The van der Waals surface area contributed by atoms with E-state index in [0.717, 1.165) is 22.4 Å². The molecule has 38 heavy (non-hydrogen) atoms. The molecule has 6 heteroatoms. The topological polar surface area (TPSA) is 9.86 Å². The Morgan fingerprint density at radius 1 is 0.579 bits per heavy atom. The molecule has 0 aliphatic heterocycles. The van der Waals surface area contributed by atoms with E-state index in [1.165, 1.54) is 56.4 Å². The van der Waals surface area contributed by atoms with Gasteiger partial charge in [0.2, 0.25) is 0 Å². The van der Waals surface area contributed by atoms with E-state index in [1.54, 1.807) is 0 Å². The Kier molecular flexibility index (Phi) is 14.1. The van der Waals surface area contributed by atoms with Gasteiger partial charge in [-0.25, -0.2) is 0 Å². The molecule has 2 aliphatic rings. The number of aryl methyl sites for hydroxylation is 2. The minimum absolute atomic E-state index is 0. The third-order valence-electron chi connectivity index (χ3n) is 6.35. The minimum atomic E-state index is 0. The zero-order chi connectivity index (χ0) is 24.9. The molecule has 2 aromatic heterocycles. The first-order chi connectivity index (χ1) is 16.9. The van der Waals surface area contributed by atoms with Crippen LogP contribution < -0.4 is 24.8 Å². The van der Waals surface area contributed by atoms with E-state index in [1.807, 2.05) is 0 Å². The van der Waals surface area contributed by atoms with Crippen molar-refractivity contribution in [1.29, 1.82) is 0 Å². The van der Waals surface area contributed by atoms with Gasteiger partial charge < -0.3 is 33.9 Å². The molecule has 0 N–H and O–H groups in total. The normalized spacial score (nSPS) is 12.1. The number of nitrogens with zero attached hydrogens (tertiary/aromatic N) is 2. The predicted molar refractivity (Wildman–Crippen MR) is 155 cm³/mol. The van der Waals surface area contributed by atoms with Crippen molar-refractivity contribution in [1.82, 2.24) is 9.13 Å². The van der Waals surface area contributed by atoms with Gasteiger partial charge in [0.1, 0.15) is 0 Å². The molecule has 0 atom stereocenters. The molecule has 0 saturated carbocycles. The van der Waals surface area contributed by atoms with Crippen molar-refractivity contribution in [3.05, 3.63) is 118 Å². The number of fused-ring (bicyclic) bond motifs is 2. The second-order valence-corrected chi connectivity index (χ2v) is 10.8. The largest absolute Gasteiger partial charge is 2.00 e. The summed E-state index contributed by atoms with van der Waals surface area (Å²) < 4.78 is 4.68. The quantitative estimate of drug-likeness (QED) is 0.298. The number of hydrogen-bond acceptors (Lipinski definition) is 0. The number of benzene rings is 2. The molecule has 2 nitrogen and oxygen atoms in total. The van der Waals surface area contributed by atoms with Crippen molar-refractivity contribution in [2.45, 2.75) is 53.6 Å². The van der Waals surface area contributed by atoms with E-state index in [9.17, 15) is 0 Å². The number of halogens is 2. The molecule has 2 aliphatic carbocycles. The Bertz CT molecular complexity index is 1260. The molecule has 6 rings (SSSR count). The van der Waals surface area contributed by atoms with Crippen LogP contribution in [0.2, 0.25) is 13.1 Å². The maximum atomic E-state index is 2.34. The standard InChI is InChI=1S/2C15H15N.C2H7Si.2ClH.Zr/c2*1-11-8-13-10-12(2)16(15(13)9-11)14-6-4-3-5-7-14;1-3-2;;;/h2*3-7,9-10H,8H2,1-2H3;3H,1-2H3;2*1H;/q;;;;;+2/p-2. The SMILES string of the molecule is CC1=Cc2c(cc(C)n2-c2ccccc2)C1.CC1=Cc2c(cc(C)n2-c2ccccc2)C1.C[SiH]C.[Cl-].[Cl-].[Zr+2]. The summed E-state index contributed by atoms with van der Waals surface area (Å²) in [7, 11) is 0.750. The summed E-state index contributed by atoms with van der Waals surface area (Å²) in [4.78, 5) is 0. The van der Waals surface area contributed by atoms with Gasteiger partial charge in [-0.1, -0.05) is 60.6 Å². The first-order valence-corrected chi connectivity index (χ1v) is 14.9. The van der Waals surface area contributed by atoms with Crippen molar-refractivity contribution < 1.29 is 51.0 Å². The fourth-order valence-electron chi connectivity index (χ4n) is 5.06. The Balaban J connectivity index is 0.000000322. The number of hydrogen-bond donors (Lipinski definition) is 0. The Morgan fingerprint density at radius 3 is 1.21 bits per heavy atom.